The number of ether oxygens (including phenoxy) is 3. The molecular weight excluding hydrogens is 478 g/mol. The topological polar surface area (TPSA) is 97.8 Å². The van der Waals surface area contributed by atoms with Gasteiger partial charge < -0.3 is 29.1 Å². The molecule has 1 aromatic heterocycles. The highest BCUT2D eigenvalue weighted by Gasteiger charge is 2.20. The molecule has 0 spiro atoms. The number of aromatic nitrogens is 2. The van der Waals surface area contributed by atoms with Gasteiger partial charge in [0.2, 0.25) is 0 Å². The summed E-state index contributed by atoms with van der Waals surface area (Å²) in [4.78, 5) is 24.2. The zero-order chi connectivity index (χ0) is 25.1. The number of nitrogens with one attached hydrogen (secondary N) is 2. The van der Waals surface area contributed by atoms with Gasteiger partial charge in [-0.1, -0.05) is 12.1 Å². The van der Waals surface area contributed by atoms with E-state index in [1.54, 1.807) is 44.3 Å². The van der Waals surface area contributed by atoms with Crippen molar-refractivity contribution in [2.75, 3.05) is 44.5 Å². The molecule has 0 aliphatic carbocycles. The van der Waals surface area contributed by atoms with Gasteiger partial charge in [-0.3, -0.25) is 4.79 Å². The second kappa shape index (κ2) is 10.2. The minimum atomic E-state index is -0.0424. The first-order chi connectivity index (χ1) is 17.5. The Morgan fingerprint density at radius 1 is 0.972 bits per heavy atom. The number of hydrogen-bond acceptors (Lipinski definition) is 9. The van der Waals surface area contributed by atoms with Crippen LogP contribution >= 0.6 is 11.9 Å². The van der Waals surface area contributed by atoms with Crippen molar-refractivity contribution in [2.24, 2.45) is 0 Å². The highest BCUT2D eigenvalue weighted by atomic mass is 32.2. The van der Waals surface area contributed by atoms with E-state index >= 15 is 0 Å². The van der Waals surface area contributed by atoms with Crippen LogP contribution in [0.4, 0.5) is 17.3 Å². The Morgan fingerprint density at radius 2 is 1.67 bits per heavy atom. The molecule has 0 fully saturated rings. The van der Waals surface area contributed by atoms with Crippen LogP contribution in [0.15, 0.2) is 65.6 Å². The van der Waals surface area contributed by atoms with Crippen LogP contribution in [-0.4, -0.2) is 55.2 Å². The van der Waals surface area contributed by atoms with Crippen molar-refractivity contribution in [3.8, 4) is 17.2 Å². The number of para-hydroxylation sites is 2. The molecule has 2 N–H and O–H groups in total. The number of carbonyl (C=O) groups excluding carboxylic acids is 1. The van der Waals surface area contributed by atoms with Crippen molar-refractivity contribution in [2.45, 2.75) is 4.90 Å². The Balaban J connectivity index is 1.46. The lowest BCUT2D eigenvalue weighted by molar-refractivity contribution is 0.0827. The first-order valence-corrected chi connectivity index (χ1v) is 12.1. The van der Waals surface area contributed by atoms with Crippen LogP contribution in [0.5, 0.6) is 17.2 Å². The maximum absolute atomic E-state index is 12.2. The third-order valence-electron chi connectivity index (χ3n) is 5.45. The van der Waals surface area contributed by atoms with Crippen LogP contribution in [0.2, 0.25) is 0 Å². The molecule has 0 saturated carbocycles. The van der Waals surface area contributed by atoms with Crippen LogP contribution in [0.3, 0.4) is 0 Å². The number of hydrogen-bond donors (Lipinski definition) is 2. The third kappa shape index (κ3) is 4.94. The van der Waals surface area contributed by atoms with Crippen molar-refractivity contribution >= 4 is 46.2 Å². The molecule has 10 heteroatoms. The summed E-state index contributed by atoms with van der Waals surface area (Å²) in [5, 5.41) is 3.36. The van der Waals surface area contributed by atoms with Crippen molar-refractivity contribution in [3.63, 3.8) is 0 Å². The monoisotopic (exact) mass is 503 g/mol. The summed E-state index contributed by atoms with van der Waals surface area (Å²) in [6.45, 7) is 0.919. The van der Waals surface area contributed by atoms with Crippen LogP contribution in [0, 0.1) is 0 Å². The number of amides is 1. The number of benzene rings is 3. The molecule has 5 rings (SSSR count). The summed E-state index contributed by atoms with van der Waals surface area (Å²) >= 11 is 1.37. The smallest absolute Gasteiger partial charge is 0.253 e. The summed E-state index contributed by atoms with van der Waals surface area (Å²) in [6.07, 6.45) is 0. The molecule has 0 saturated heterocycles. The molecule has 36 heavy (non-hydrogen) atoms. The van der Waals surface area contributed by atoms with Crippen molar-refractivity contribution in [1.82, 2.24) is 14.9 Å². The second-order valence-electron chi connectivity index (χ2n) is 8.16. The van der Waals surface area contributed by atoms with Gasteiger partial charge in [0.25, 0.3) is 5.91 Å². The Bertz CT molecular complexity index is 1410. The van der Waals surface area contributed by atoms with E-state index in [9.17, 15) is 4.79 Å². The van der Waals surface area contributed by atoms with E-state index in [4.69, 9.17) is 24.2 Å². The number of carbonyl (C=O) groups is 1. The first-order valence-electron chi connectivity index (χ1n) is 11.3. The molecule has 2 heterocycles. The Labute approximate surface area is 212 Å². The average Bonchev–Trinajstić information content (AvgIpc) is 2.91. The standard InChI is InChI=1S/C26H25N5O4S/c1-31(2)26(32)16-8-10-18(11-9-16)36-30-25-24(27-19-6-4-5-7-20(19)28-25)29-21-14-17(33-3)15-22-23(21)35-13-12-34-22/h4-11,14-15H,12-13H2,1-3H3,(H,27,29)(H,28,30). The molecule has 3 aromatic carbocycles. The predicted molar refractivity (Wildman–Crippen MR) is 141 cm³/mol. The number of methoxy groups -OCH3 is 1. The van der Waals surface area contributed by atoms with E-state index in [1.807, 2.05) is 42.5 Å². The minimum absolute atomic E-state index is 0.0424. The average molecular weight is 504 g/mol. The normalized spacial score (nSPS) is 12.2. The zero-order valence-corrected chi connectivity index (χ0v) is 20.9. The Kier molecular flexibility index (Phi) is 6.68. The van der Waals surface area contributed by atoms with Crippen molar-refractivity contribution < 1.29 is 19.0 Å². The fourth-order valence-electron chi connectivity index (χ4n) is 3.66. The molecule has 0 bridgehead atoms. The molecule has 1 aliphatic rings. The summed E-state index contributed by atoms with van der Waals surface area (Å²) < 4.78 is 20.4. The van der Waals surface area contributed by atoms with E-state index in [-0.39, 0.29) is 5.91 Å². The zero-order valence-electron chi connectivity index (χ0n) is 20.1. The molecule has 0 radical (unpaired) electrons. The summed E-state index contributed by atoms with van der Waals surface area (Å²) in [5.74, 6) is 2.85. The fourth-order valence-corrected chi connectivity index (χ4v) is 4.29. The van der Waals surface area contributed by atoms with Gasteiger partial charge in [0.15, 0.2) is 23.1 Å². The largest absolute Gasteiger partial charge is 0.497 e. The lowest BCUT2D eigenvalue weighted by Crippen LogP contribution is -2.21. The maximum atomic E-state index is 12.2. The molecule has 1 aliphatic heterocycles. The van der Waals surface area contributed by atoms with Crippen molar-refractivity contribution in [3.05, 3.63) is 66.2 Å². The van der Waals surface area contributed by atoms with E-state index < -0.39 is 0 Å². The van der Waals surface area contributed by atoms with Crippen molar-refractivity contribution in [1.29, 1.82) is 0 Å². The van der Waals surface area contributed by atoms with Gasteiger partial charge in [-0.2, -0.15) is 0 Å². The van der Waals surface area contributed by atoms with E-state index in [0.717, 1.165) is 15.9 Å². The lowest BCUT2D eigenvalue weighted by Gasteiger charge is -2.23. The molecular formula is C26H25N5O4S. The third-order valence-corrected chi connectivity index (χ3v) is 6.25. The number of rotatable bonds is 7. The van der Waals surface area contributed by atoms with E-state index in [2.05, 4.69) is 10.0 Å². The first kappa shape index (κ1) is 23.6. The van der Waals surface area contributed by atoms with E-state index in [1.165, 1.54) is 11.9 Å². The van der Waals surface area contributed by atoms with Gasteiger partial charge in [-0.05, 0) is 48.3 Å². The van der Waals surface area contributed by atoms with Gasteiger partial charge in [-0.25, -0.2) is 9.97 Å². The Hall–Kier alpha value is -4.18. The minimum Gasteiger partial charge on any atom is -0.497 e. The molecule has 0 atom stereocenters. The van der Waals surface area contributed by atoms with Gasteiger partial charge in [-0.15, -0.1) is 0 Å². The number of anilines is 3. The SMILES string of the molecule is COc1cc(Nc2nc3ccccc3nc2NSc2ccc(C(=O)N(C)C)cc2)c2c(c1)OCCO2. The quantitative estimate of drug-likeness (QED) is 0.339. The highest BCUT2D eigenvalue weighted by Crippen LogP contribution is 2.43. The summed E-state index contributed by atoms with van der Waals surface area (Å²) in [5.41, 5.74) is 2.79. The molecule has 1 amide bonds. The second-order valence-corrected chi connectivity index (χ2v) is 9.04. The van der Waals surface area contributed by atoms with Gasteiger partial charge in [0.1, 0.15) is 19.0 Å². The lowest BCUT2D eigenvalue weighted by atomic mass is 10.2. The van der Waals surface area contributed by atoms with Crippen LogP contribution in [-0.2, 0) is 0 Å². The predicted octanol–water partition coefficient (Wildman–Crippen LogP) is 4.97. The molecule has 9 nitrogen and oxygen atoms in total. The van der Waals surface area contributed by atoms with Gasteiger partial charge >= 0.3 is 0 Å². The Morgan fingerprint density at radius 3 is 2.36 bits per heavy atom. The fraction of sp³-hybridized carbons (Fsp3) is 0.192. The number of fused-ring (bicyclic) bond motifs is 2. The highest BCUT2D eigenvalue weighted by molar-refractivity contribution is 8.00. The maximum Gasteiger partial charge on any atom is 0.253 e. The van der Waals surface area contributed by atoms with Gasteiger partial charge in [0.05, 0.1) is 23.8 Å². The summed E-state index contributed by atoms with van der Waals surface area (Å²) in [6, 6.07) is 18.7. The molecule has 4 aromatic rings. The molecule has 0 unspecified atom stereocenters. The summed E-state index contributed by atoms with van der Waals surface area (Å²) in [7, 11) is 5.07. The molecule has 184 valence electrons. The van der Waals surface area contributed by atoms with E-state index in [0.29, 0.717) is 53.3 Å². The van der Waals surface area contributed by atoms with Crippen LogP contribution < -0.4 is 24.2 Å². The van der Waals surface area contributed by atoms with Crippen LogP contribution in [0.1, 0.15) is 10.4 Å². The van der Waals surface area contributed by atoms with Gasteiger partial charge in [0, 0.05) is 36.7 Å². The number of nitrogens with zero attached hydrogens (tertiary/aromatic N) is 3. The van der Waals surface area contributed by atoms with Crippen LogP contribution in [0.25, 0.3) is 11.0 Å².